The lowest BCUT2D eigenvalue weighted by molar-refractivity contribution is 0.667. The van der Waals surface area contributed by atoms with Gasteiger partial charge < -0.3 is 0 Å². The summed E-state index contributed by atoms with van der Waals surface area (Å²) in [5.74, 6) is 2.78. The summed E-state index contributed by atoms with van der Waals surface area (Å²) in [4.78, 5) is 3.44. The van der Waals surface area contributed by atoms with Crippen molar-refractivity contribution in [3.8, 4) is 0 Å². The minimum atomic E-state index is -1.41. The molecule has 4 aromatic carbocycles. The van der Waals surface area contributed by atoms with Crippen LogP contribution in [0.2, 0.25) is 0 Å². The quantitative estimate of drug-likeness (QED) is 0.0381. The summed E-state index contributed by atoms with van der Waals surface area (Å²) >= 11 is 0. The maximum atomic E-state index is 14.3. The van der Waals surface area contributed by atoms with Gasteiger partial charge in [0.25, 0.3) is 0 Å². The van der Waals surface area contributed by atoms with Crippen molar-refractivity contribution in [1.29, 1.82) is 0 Å². The molecule has 0 aromatic heterocycles. The van der Waals surface area contributed by atoms with Gasteiger partial charge in [0.2, 0.25) is 0 Å². The van der Waals surface area contributed by atoms with E-state index < -0.39 is 64.8 Å². The zero-order valence-electron chi connectivity index (χ0n) is 37.3. The van der Waals surface area contributed by atoms with Crippen molar-refractivity contribution in [2.24, 2.45) is 0 Å². The third kappa shape index (κ3) is 13.8. The Morgan fingerprint density at radius 2 is 0.383 bits per heavy atom. The number of hydrogen-bond donors (Lipinski definition) is 0. The third-order valence-electron chi connectivity index (χ3n) is 11.2. The number of fused-ring (bicyclic) bond motifs is 6. The highest BCUT2D eigenvalue weighted by molar-refractivity contribution is 7.89. The fourth-order valence-electron chi connectivity index (χ4n) is 7.64. The van der Waals surface area contributed by atoms with Gasteiger partial charge in [-0.1, -0.05) is 119 Å². The van der Waals surface area contributed by atoms with Gasteiger partial charge in [0.05, 0.1) is 94.2 Å². The van der Waals surface area contributed by atoms with Crippen LogP contribution in [-0.4, -0.2) is 59.8 Å². The molecule has 6 unspecified atom stereocenters. The van der Waals surface area contributed by atoms with Gasteiger partial charge in [-0.15, -0.1) is 0 Å². The lowest BCUT2D eigenvalue weighted by Gasteiger charge is -2.19. The van der Waals surface area contributed by atoms with E-state index in [4.69, 9.17) is 0 Å². The first-order valence-corrected chi connectivity index (χ1v) is 30.8. The standard InChI is InChI=1S/C48H72O6S6/c1-7-13-19-25-55(49)43-31-37-38(32-44(43)56(50)26-20-14-8-2)40-34-46(58(52)28-22-16-10-4)48(60(54)30-24-18-12-6)36-42(40)41-35-47(59(53)29-23-17-11-5)45(33-39(37)41)57(51)27-21-15-9-3/h31-36H,7-30H2,1-6H3. The fraction of sp³-hybridized carbons (Fsp3) is 0.625. The third-order valence-corrected chi connectivity index (χ3v) is 20.5. The molecule has 0 spiro atoms. The Labute approximate surface area is 377 Å². The van der Waals surface area contributed by atoms with E-state index in [1.807, 2.05) is 36.4 Å². The number of rotatable bonds is 30. The van der Waals surface area contributed by atoms with E-state index in [9.17, 15) is 25.3 Å². The van der Waals surface area contributed by atoms with Crippen molar-refractivity contribution in [1.82, 2.24) is 0 Å². The number of benzene rings is 4. The molecule has 0 heterocycles. The lowest BCUT2D eigenvalue weighted by Crippen LogP contribution is -2.09. The molecule has 4 rings (SSSR count). The summed E-state index contributed by atoms with van der Waals surface area (Å²) < 4.78 is 85.9. The zero-order chi connectivity index (χ0) is 43.6. The molecule has 336 valence electrons. The van der Waals surface area contributed by atoms with Gasteiger partial charge in [-0.3, -0.25) is 25.3 Å². The maximum Gasteiger partial charge on any atom is 0.0556 e. The smallest absolute Gasteiger partial charge is 0.0556 e. The SMILES string of the molecule is CCCCCS(=O)c1cc2c3cc(S(=O)CCCCC)c(S(=O)CCCCC)cc3c3cc(S(=O)CCCCC)c(S(=O)CCCCC)cc3c2cc1S(=O)CCCCC. The van der Waals surface area contributed by atoms with Crippen LogP contribution >= 0.6 is 0 Å². The first-order valence-electron chi connectivity index (χ1n) is 22.9. The van der Waals surface area contributed by atoms with Crippen LogP contribution < -0.4 is 0 Å². The predicted octanol–water partition coefficient (Wildman–Crippen LogP) is 12.9. The average molecular weight is 937 g/mol. The van der Waals surface area contributed by atoms with E-state index in [0.29, 0.717) is 63.9 Å². The van der Waals surface area contributed by atoms with E-state index >= 15 is 0 Å². The van der Waals surface area contributed by atoms with Gasteiger partial charge in [-0.25, -0.2) is 0 Å². The van der Waals surface area contributed by atoms with Crippen LogP contribution in [0, 0.1) is 0 Å². The van der Waals surface area contributed by atoms with Crippen LogP contribution in [0.15, 0.2) is 65.8 Å². The van der Waals surface area contributed by atoms with E-state index in [-0.39, 0.29) is 0 Å². The zero-order valence-corrected chi connectivity index (χ0v) is 42.2. The Hall–Kier alpha value is -1.44. The summed E-state index contributed by atoms with van der Waals surface area (Å²) in [7, 11) is -8.49. The Morgan fingerprint density at radius 3 is 0.500 bits per heavy atom. The maximum absolute atomic E-state index is 14.3. The molecular weight excluding hydrogens is 865 g/mol. The van der Waals surface area contributed by atoms with Crippen molar-refractivity contribution >= 4 is 97.1 Å². The Kier molecular flexibility index (Phi) is 23.1. The van der Waals surface area contributed by atoms with Crippen molar-refractivity contribution in [3.63, 3.8) is 0 Å². The Bertz CT molecular complexity index is 1760. The van der Waals surface area contributed by atoms with Gasteiger partial charge in [-0.2, -0.15) is 0 Å². The molecule has 0 saturated heterocycles. The molecule has 0 fully saturated rings. The van der Waals surface area contributed by atoms with Crippen LogP contribution in [0.4, 0.5) is 0 Å². The molecule has 6 nitrogen and oxygen atoms in total. The van der Waals surface area contributed by atoms with E-state index in [2.05, 4.69) is 41.5 Å². The number of unbranched alkanes of at least 4 members (excludes halogenated alkanes) is 12. The lowest BCUT2D eigenvalue weighted by atomic mass is 9.94. The van der Waals surface area contributed by atoms with Crippen LogP contribution in [-0.2, 0) is 64.8 Å². The summed E-state index contributed by atoms with van der Waals surface area (Å²) in [6.45, 7) is 12.7. The summed E-state index contributed by atoms with van der Waals surface area (Å²) in [6.07, 6.45) is 16.4. The molecule has 0 aliphatic carbocycles. The fourth-order valence-corrected chi connectivity index (χ4v) is 16.6. The Balaban J connectivity index is 2.22. The monoisotopic (exact) mass is 936 g/mol. The van der Waals surface area contributed by atoms with Crippen LogP contribution in [0.25, 0.3) is 32.3 Å². The topological polar surface area (TPSA) is 102 Å². The molecule has 0 saturated carbocycles. The van der Waals surface area contributed by atoms with Crippen LogP contribution in [0.1, 0.15) is 157 Å². The van der Waals surface area contributed by atoms with Crippen LogP contribution in [0.5, 0.6) is 0 Å². The van der Waals surface area contributed by atoms with Gasteiger partial charge in [-0.05, 0) is 107 Å². The average Bonchev–Trinajstić information content (AvgIpc) is 3.25. The molecule has 0 amide bonds. The molecule has 0 N–H and O–H groups in total. The molecule has 12 heteroatoms. The van der Waals surface area contributed by atoms with Crippen molar-refractivity contribution in [2.45, 2.75) is 186 Å². The second kappa shape index (κ2) is 27.0. The summed E-state index contributed by atoms with van der Waals surface area (Å²) in [6, 6.07) is 11.8. The van der Waals surface area contributed by atoms with Gasteiger partial charge in [0.15, 0.2) is 0 Å². The summed E-state index contributed by atoms with van der Waals surface area (Å²) in [5.41, 5.74) is 0. The van der Waals surface area contributed by atoms with E-state index in [0.717, 1.165) is 148 Å². The van der Waals surface area contributed by atoms with Gasteiger partial charge >= 0.3 is 0 Å². The van der Waals surface area contributed by atoms with E-state index in [1.54, 1.807) is 0 Å². The van der Waals surface area contributed by atoms with Gasteiger partial charge in [0, 0.05) is 34.5 Å². The van der Waals surface area contributed by atoms with E-state index in [1.165, 1.54) is 0 Å². The molecule has 4 aromatic rings. The number of hydrogen-bond acceptors (Lipinski definition) is 6. The first-order chi connectivity index (χ1) is 29.1. The second-order valence-electron chi connectivity index (χ2n) is 16.1. The van der Waals surface area contributed by atoms with Crippen molar-refractivity contribution < 1.29 is 25.3 Å². The van der Waals surface area contributed by atoms with Crippen LogP contribution in [0.3, 0.4) is 0 Å². The molecule has 6 atom stereocenters. The molecule has 0 radical (unpaired) electrons. The van der Waals surface area contributed by atoms with Crippen molar-refractivity contribution in [2.75, 3.05) is 34.5 Å². The highest BCUT2D eigenvalue weighted by atomic mass is 32.2. The van der Waals surface area contributed by atoms with Crippen molar-refractivity contribution in [3.05, 3.63) is 36.4 Å². The first kappa shape index (κ1) is 51.2. The minimum absolute atomic E-state index is 0.464. The normalized spacial score (nSPS) is 15.1. The largest absolute Gasteiger partial charge is 0.254 e. The second-order valence-corrected chi connectivity index (χ2v) is 25.3. The highest BCUT2D eigenvalue weighted by Gasteiger charge is 2.25. The minimum Gasteiger partial charge on any atom is -0.254 e. The molecular formula is C48H72O6S6. The highest BCUT2D eigenvalue weighted by Crippen LogP contribution is 2.43. The molecule has 0 bridgehead atoms. The summed E-state index contributed by atoms with van der Waals surface area (Å²) in [5, 5.41) is 4.75. The van der Waals surface area contributed by atoms with Gasteiger partial charge in [0.1, 0.15) is 0 Å². The molecule has 0 aliphatic rings. The molecule has 0 aliphatic heterocycles. The Morgan fingerprint density at radius 1 is 0.250 bits per heavy atom. The molecule has 60 heavy (non-hydrogen) atoms. The predicted molar refractivity (Wildman–Crippen MR) is 264 cm³/mol.